The summed E-state index contributed by atoms with van der Waals surface area (Å²) in [5.74, 6) is 0.401. The fourth-order valence-corrected chi connectivity index (χ4v) is 5.69. The molecule has 116 valence electrons. The van der Waals surface area contributed by atoms with Gasteiger partial charge in [0.25, 0.3) is 0 Å². The number of halogens is 3. The van der Waals surface area contributed by atoms with Gasteiger partial charge in [-0.2, -0.15) is 13.2 Å². The highest BCUT2D eigenvalue weighted by Gasteiger charge is 2.38. The molecule has 1 atom stereocenters. The lowest BCUT2D eigenvalue weighted by Crippen LogP contribution is -2.05. The maximum absolute atomic E-state index is 12.7. The van der Waals surface area contributed by atoms with Crippen molar-refractivity contribution in [2.24, 2.45) is 0 Å². The highest BCUT2D eigenvalue weighted by molar-refractivity contribution is 8.57. The van der Waals surface area contributed by atoms with Gasteiger partial charge in [0.2, 0.25) is 0 Å². The van der Waals surface area contributed by atoms with E-state index in [-0.39, 0.29) is 5.69 Å². The van der Waals surface area contributed by atoms with Crippen LogP contribution in [0.3, 0.4) is 0 Å². The summed E-state index contributed by atoms with van der Waals surface area (Å²) in [4.78, 5) is 0.475. The Labute approximate surface area is 129 Å². The van der Waals surface area contributed by atoms with Crippen molar-refractivity contribution >= 4 is 23.8 Å². The fraction of sp³-hybridized carbons (Fsp3) is 0.143. The van der Waals surface area contributed by atoms with Crippen molar-refractivity contribution in [3.8, 4) is 5.75 Å². The number of rotatable bonds is 2. The molecule has 0 saturated carbocycles. The van der Waals surface area contributed by atoms with Crippen LogP contribution in [0.5, 0.6) is 5.75 Å². The molecule has 2 aromatic rings. The Balaban J connectivity index is 1.83. The molecule has 0 radical (unpaired) electrons. The number of aryl methyl sites for hydroxylation is 1. The van der Waals surface area contributed by atoms with Crippen molar-refractivity contribution in [1.82, 2.24) is 0 Å². The van der Waals surface area contributed by atoms with E-state index in [2.05, 4.69) is 5.09 Å². The van der Waals surface area contributed by atoms with Gasteiger partial charge in [-0.05, 0) is 37.3 Å². The molecule has 0 aliphatic carbocycles. The van der Waals surface area contributed by atoms with Gasteiger partial charge in [0.1, 0.15) is 5.75 Å². The molecule has 0 amide bonds. The number of nitrogens with one attached hydrogen (secondary N) is 1. The number of fused-ring (bicyclic) bond motifs is 1. The predicted molar refractivity (Wildman–Crippen MR) is 80.3 cm³/mol. The molecule has 0 spiro atoms. The van der Waals surface area contributed by atoms with Crippen LogP contribution in [-0.4, -0.2) is 0 Å². The molecule has 0 fully saturated rings. The van der Waals surface area contributed by atoms with Crippen LogP contribution < -0.4 is 9.61 Å². The first kappa shape index (κ1) is 15.3. The van der Waals surface area contributed by atoms with Crippen LogP contribution in [0.4, 0.5) is 18.9 Å². The Morgan fingerprint density at radius 2 is 1.82 bits per heavy atom. The SMILES string of the molecule is Cc1ccc(OP2(=O)Nc3cc(C(F)(F)F)ccc3S2)cc1. The van der Waals surface area contributed by atoms with Crippen LogP contribution in [0.15, 0.2) is 47.4 Å². The van der Waals surface area contributed by atoms with Gasteiger partial charge in [-0.15, -0.1) is 0 Å². The van der Waals surface area contributed by atoms with Crippen molar-refractivity contribution < 1.29 is 22.3 Å². The summed E-state index contributed by atoms with van der Waals surface area (Å²) in [7, 11) is 0. The van der Waals surface area contributed by atoms with Crippen LogP contribution in [0.2, 0.25) is 0 Å². The Morgan fingerprint density at radius 3 is 2.45 bits per heavy atom. The Hall–Kier alpha value is -1.59. The van der Waals surface area contributed by atoms with E-state index in [0.29, 0.717) is 10.6 Å². The van der Waals surface area contributed by atoms with Crippen LogP contribution in [0, 0.1) is 6.92 Å². The highest BCUT2D eigenvalue weighted by atomic mass is 32.7. The zero-order chi connectivity index (χ0) is 16.0. The van der Waals surface area contributed by atoms with E-state index >= 15 is 0 Å². The molecule has 22 heavy (non-hydrogen) atoms. The van der Waals surface area contributed by atoms with Crippen molar-refractivity contribution in [2.75, 3.05) is 5.09 Å². The van der Waals surface area contributed by atoms with Gasteiger partial charge in [0.15, 0.2) is 0 Å². The smallest absolute Gasteiger partial charge is 0.416 e. The average Bonchev–Trinajstić information content (AvgIpc) is 2.75. The molecule has 0 aromatic heterocycles. The monoisotopic (exact) mass is 345 g/mol. The summed E-state index contributed by atoms with van der Waals surface area (Å²) < 4.78 is 56.2. The van der Waals surface area contributed by atoms with Gasteiger partial charge >= 0.3 is 12.9 Å². The summed E-state index contributed by atoms with van der Waals surface area (Å²) in [5.41, 5.74) is 0.411. The standard InChI is InChI=1S/C14H11F3NO2PS/c1-9-2-5-11(6-3-9)20-21(19)18-12-8-10(14(15,16)17)4-7-13(12)22-21/h2-8H,1H3,(H,18,19). The first-order chi connectivity index (χ1) is 10.3. The molecule has 1 unspecified atom stereocenters. The molecule has 3 rings (SSSR count). The van der Waals surface area contributed by atoms with Crippen molar-refractivity contribution in [3.63, 3.8) is 0 Å². The summed E-state index contributed by atoms with van der Waals surface area (Å²) in [5, 5.41) is 2.58. The molecule has 1 N–H and O–H groups in total. The summed E-state index contributed by atoms with van der Waals surface area (Å²) >= 11 is 0.912. The number of anilines is 1. The van der Waals surface area contributed by atoms with Crippen molar-refractivity contribution in [1.29, 1.82) is 0 Å². The average molecular weight is 345 g/mol. The van der Waals surface area contributed by atoms with Crippen LogP contribution in [0.25, 0.3) is 0 Å². The minimum absolute atomic E-state index is 0.176. The molecular formula is C14H11F3NO2PS. The van der Waals surface area contributed by atoms with E-state index in [9.17, 15) is 17.7 Å². The zero-order valence-corrected chi connectivity index (χ0v) is 13.1. The Bertz CT molecular complexity index is 762. The third kappa shape index (κ3) is 3.10. The van der Waals surface area contributed by atoms with Gasteiger partial charge in [0, 0.05) is 16.3 Å². The minimum Gasteiger partial charge on any atom is -0.422 e. The fourth-order valence-electron chi connectivity index (χ4n) is 1.95. The maximum atomic E-state index is 12.7. The van der Waals surface area contributed by atoms with E-state index in [1.807, 2.05) is 6.92 Å². The quantitative estimate of drug-likeness (QED) is 0.707. The van der Waals surface area contributed by atoms with E-state index in [1.54, 1.807) is 24.3 Å². The molecule has 1 aliphatic heterocycles. The molecule has 3 nitrogen and oxygen atoms in total. The normalized spacial score (nSPS) is 20.4. The first-order valence-electron chi connectivity index (χ1n) is 6.31. The molecular weight excluding hydrogens is 334 g/mol. The predicted octanol–water partition coefficient (Wildman–Crippen LogP) is 5.72. The van der Waals surface area contributed by atoms with Crippen LogP contribution in [0.1, 0.15) is 11.1 Å². The largest absolute Gasteiger partial charge is 0.422 e. The van der Waals surface area contributed by atoms with E-state index in [0.717, 1.165) is 29.1 Å². The molecule has 0 bridgehead atoms. The van der Waals surface area contributed by atoms with Crippen molar-refractivity contribution in [3.05, 3.63) is 53.6 Å². The maximum Gasteiger partial charge on any atom is 0.416 e. The summed E-state index contributed by atoms with van der Waals surface area (Å²) in [6.07, 6.45) is -4.44. The number of hydrogen-bond donors (Lipinski definition) is 1. The minimum atomic E-state index is -4.44. The third-order valence-corrected chi connectivity index (χ3v) is 6.60. The second kappa shape index (κ2) is 5.25. The highest BCUT2D eigenvalue weighted by Crippen LogP contribution is 2.68. The van der Waals surface area contributed by atoms with Crippen molar-refractivity contribution in [2.45, 2.75) is 18.0 Å². The summed E-state index contributed by atoms with van der Waals surface area (Å²) in [6, 6.07) is 10.2. The number of hydrogen-bond acceptors (Lipinski definition) is 3. The van der Waals surface area contributed by atoms with E-state index in [4.69, 9.17) is 4.52 Å². The van der Waals surface area contributed by atoms with E-state index < -0.39 is 18.5 Å². The molecule has 1 aliphatic rings. The lowest BCUT2D eigenvalue weighted by atomic mass is 10.2. The summed E-state index contributed by atoms with van der Waals surface area (Å²) in [6.45, 7) is -1.46. The van der Waals surface area contributed by atoms with Crippen LogP contribution >= 0.6 is 18.1 Å². The van der Waals surface area contributed by atoms with Gasteiger partial charge in [0.05, 0.1) is 11.3 Å². The second-order valence-corrected chi connectivity index (χ2v) is 8.83. The lowest BCUT2D eigenvalue weighted by Gasteiger charge is -2.13. The van der Waals surface area contributed by atoms with Gasteiger partial charge in [-0.3, -0.25) is 5.09 Å². The first-order valence-corrected chi connectivity index (χ1v) is 9.35. The van der Waals surface area contributed by atoms with Gasteiger partial charge < -0.3 is 4.52 Å². The third-order valence-electron chi connectivity index (χ3n) is 3.03. The molecule has 1 heterocycles. The number of alkyl halides is 3. The molecule has 8 heteroatoms. The number of benzene rings is 2. The molecule has 2 aromatic carbocycles. The topological polar surface area (TPSA) is 38.3 Å². The second-order valence-electron chi connectivity index (χ2n) is 4.81. The van der Waals surface area contributed by atoms with Gasteiger partial charge in [-0.25, -0.2) is 4.57 Å². The lowest BCUT2D eigenvalue weighted by molar-refractivity contribution is -0.137. The van der Waals surface area contributed by atoms with Gasteiger partial charge in [-0.1, -0.05) is 17.7 Å². The zero-order valence-electron chi connectivity index (χ0n) is 11.3. The molecule has 0 saturated heterocycles. The van der Waals surface area contributed by atoms with Crippen LogP contribution in [-0.2, 0) is 10.7 Å². The Kier molecular flexibility index (Phi) is 3.65. The Morgan fingerprint density at radius 1 is 1.14 bits per heavy atom. The van der Waals surface area contributed by atoms with E-state index in [1.165, 1.54) is 6.07 Å².